The number of nitrogens with one attached hydrogen (secondary N) is 1. The Morgan fingerprint density at radius 1 is 1.32 bits per heavy atom. The molecule has 0 aliphatic heterocycles. The van der Waals surface area contributed by atoms with E-state index < -0.39 is 17.4 Å². The Balaban J connectivity index is -0.000000667. The minimum absolute atomic E-state index is 0. The van der Waals surface area contributed by atoms with Crippen LogP contribution in [0.5, 0.6) is 0 Å². The first kappa shape index (κ1) is 24.3. The second kappa shape index (κ2) is 10.8. The molecular weight excluding hydrogens is 316 g/mol. The summed E-state index contributed by atoms with van der Waals surface area (Å²) in [7, 11) is 6.00. The molecule has 0 aliphatic rings. The van der Waals surface area contributed by atoms with Gasteiger partial charge in [-0.3, -0.25) is 9.59 Å². The van der Waals surface area contributed by atoms with E-state index in [1.165, 1.54) is 0 Å². The van der Waals surface area contributed by atoms with Crippen LogP contribution >= 0.6 is 0 Å². The number of nitrogens with zero attached hydrogens (tertiary/aromatic N) is 1. The van der Waals surface area contributed by atoms with Crippen LogP contribution in [0.25, 0.3) is 0 Å². The van der Waals surface area contributed by atoms with Crippen molar-refractivity contribution in [2.75, 3.05) is 47.4 Å². The molecule has 22 heavy (non-hydrogen) atoms. The largest absolute Gasteiger partial charge is 2.00 e. The van der Waals surface area contributed by atoms with Crippen LogP contribution in [-0.2, 0) is 14.3 Å². The molecule has 0 aromatic heterocycles. The molecule has 7 nitrogen and oxygen atoms in total. The molecule has 0 saturated carbocycles. The van der Waals surface area contributed by atoms with Crippen molar-refractivity contribution < 1.29 is 31.9 Å². The molecule has 1 amide bonds. The van der Waals surface area contributed by atoms with Gasteiger partial charge in [0.15, 0.2) is 0 Å². The smallest absolute Gasteiger partial charge is 1.00 e. The first-order chi connectivity index (χ1) is 9.49. The van der Waals surface area contributed by atoms with Crippen LogP contribution < -0.4 is 5.32 Å². The number of rotatable bonds is 9. The molecule has 0 aliphatic carbocycles. The molecule has 0 saturated heterocycles. The topological polar surface area (TPSA) is 95.9 Å². The number of aliphatic hydroxyl groups is 2. The summed E-state index contributed by atoms with van der Waals surface area (Å²) >= 11 is 0. The molecule has 0 unspecified atom stereocenters. The standard InChI is InChI=1S/C14H28N2O5.Ca.2H/c1-14(2,10-17)12(19)13(20)15-7-6-11(18)21-9-8-16(3,4)5;;;/h12,17,19H,6-10H2,1-5H3;;;/q;+2;2*-1/p+1/t12-;;;/m0.../s1. The fourth-order valence-corrected chi connectivity index (χ4v) is 1.33. The first-order valence-electron chi connectivity index (χ1n) is 7.02. The molecule has 0 bridgehead atoms. The summed E-state index contributed by atoms with van der Waals surface area (Å²) in [5, 5.41) is 21.3. The van der Waals surface area contributed by atoms with Gasteiger partial charge in [-0.15, -0.1) is 0 Å². The van der Waals surface area contributed by atoms with Crippen molar-refractivity contribution in [1.82, 2.24) is 5.32 Å². The third-order valence-corrected chi connectivity index (χ3v) is 3.05. The Morgan fingerprint density at radius 3 is 2.32 bits per heavy atom. The number of carbonyl (C=O) groups is 2. The van der Waals surface area contributed by atoms with Gasteiger partial charge >= 0.3 is 43.7 Å². The Kier molecular flexibility index (Phi) is 11.9. The third-order valence-electron chi connectivity index (χ3n) is 3.05. The molecule has 8 heteroatoms. The fourth-order valence-electron chi connectivity index (χ4n) is 1.33. The van der Waals surface area contributed by atoms with Crippen molar-refractivity contribution in [3.63, 3.8) is 0 Å². The molecule has 0 aromatic carbocycles. The van der Waals surface area contributed by atoms with E-state index in [9.17, 15) is 14.7 Å². The maximum Gasteiger partial charge on any atom is 2.00 e. The quantitative estimate of drug-likeness (QED) is 0.281. The number of aliphatic hydroxyl groups excluding tert-OH is 2. The average Bonchev–Trinajstić information content (AvgIpc) is 2.36. The predicted molar refractivity (Wildman–Crippen MR) is 86.3 cm³/mol. The number of likely N-dealkylation sites (N-methyl/N-ethyl adjacent to an activating group) is 1. The van der Waals surface area contributed by atoms with E-state index in [0.717, 1.165) is 0 Å². The summed E-state index contributed by atoms with van der Waals surface area (Å²) in [5.74, 6) is -0.993. The van der Waals surface area contributed by atoms with E-state index in [1.807, 2.05) is 21.1 Å². The van der Waals surface area contributed by atoms with Gasteiger partial charge < -0.3 is 27.6 Å². The number of quaternary nitrogens is 1. The molecule has 0 aromatic rings. The number of amides is 1. The van der Waals surface area contributed by atoms with Gasteiger partial charge in [-0.1, -0.05) is 13.8 Å². The monoisotopic (exact) mass is 347 g/mol. The molecule has 0 fully saturated rings. The number of ether oxygens (including phenoxy) is 1. The molecule has 0 rings (SSSR count). The van der Waals surface area contributed by atoms with E-state index in [2.05, 4.69) is 5.32 Å². The van der Waals surface area contributed by atoms with Gasteiger partial charge in [-0.05, 0) is 0 Å². The number of carbonyl (C=O) groups excluding carboxylic acids is 2. The Morgan fingerprint density at radius 2 is 1.86 bits per heavy atom. The van der Waals surface area contributed by atoms with E-state index in [-0.39, 0.29) is 66.1 Å². The maximum atomic E-state index is 11.6. The minimum atomic E-state index is -1.32. The van der Waals surface area contributed by atoms with Crippen LogP contribution in [0.3, 0.4) is 0 Å². The van der Waals surface area contributed by atoms with Gasteiger partial charge in [0, 0.05) is 12.0 Å². The van der Waals surface area contributed by atoms with Crippen molar-refractivity contribution in [2.45, 2.75) is 26.4 Å². The van der Waals surface area contributed by atoms with Crippen LogP contribution in [0.2, 0.25) is 0 Å². The zero-order valence-corrected chi connectivity index (χ0v) is 16.6. The molecule has 0 radical (unpaired) electrons. The van der Waals surface area contributed by atoms with Crippen molar-refractivity contribution in [3.8, 4) is 0 Å². The Hall–Kier alpha value is 0.0797. The molecule has 0 spiro atoms. The summed E-state index contributed by atoms with van der Waals surface area (Å²) in [6.45, 7) is 3.99. The Labute approximate surface area is 165 Å². The second-order valence-electron chi connectivity index (χ2n) is 6.82. The van der Waals surface area contributed by atoms with Crippen LogP contribution in [0, 0.1) is 5.41 Å². The van der Waals surface area contributed by atoms with Crippen LogP contribution in [0.15, 0.2) is 0 Å². The van der Waals surface area contributed by atoms with Gasteiger partial charge in [-0.2, -0.15) is 0 Å². The number of hydrogen-bond donors (Lipinski definition) is 3. The second-order valence-corrected chi connectivity index (χ2v) is 6.82. The molecule has 1 atom stereocenters. The molecular formula is C14H31CaN2O5+. The van der Waals surface area contributed by atoms with Crippen molar-refractivity contribution in [2.24, 2.45) is 5.41 Å². The van der Waals surface area contributed by atoms with Gasteiger partial charge in [0.05, 0.1) is 34.2 Å². The van der Waals surface area contributed by atoms with E-state index in [4.69, 9.17) is 9.84 Å². The van der Waals surface area contributed by atoms with E-state index in [0.29, 0.717) is 17.6 Å². The average molecular weight is 347 g/mol. The zero-order chi connectivity index (χ0) is 16.7. The Bertz CT molecular complexity index is 366. The maximum absolute atomic E-state index is 11.6. The number of hydrogen-bond acceptors (Lipinski definition) is 5. The van der Waals surface area contributed by atoms with E-state index >= 15 is 0 Å². The normalized spacial score (nSPS) is 13.0. The molecule has 128 valence electrons. The summed E-state index contributed by atoms with van der Waals surface area (Å²) < 4.78 is 5.74. The van der Waals surface area contributed by atoms with E-state index in [1.54, 1.807) is 13.8 Å². The van der Waals surface area contributed by atoms with Crippen LogP contribution in [0.4, 0.5) is 0 Å². The van der Waals surface area contributed by atoms with Crippen molar-refractivity contribution >= 4 is 49.6 Å². The zero-order valence-electron chi connectivity index (χ0n) is 16.4. The SMILES string of the molecule is CC(C)(CO)[C@@H](O)C(=O)NCCC(=O)OCC[N+](C)(C)C.[Ca+2].[H-].[H-]. The third kappa shape index (κ3) is 10.7. The summed E-state index contributed by atoms with van der Waals surface area (Å²) in [5.41, 5.74) is -0.921. The van der Waals surface area contributed by atoms with Crippen LogP contribution in [0.1, 0.15) is 23.1 Å². The van der Waals surface area contributed by atoms with Crippen molar-refractivity contribution in [3.05, 3.63) is 0 Å². The summed E-state index contributed by atoms with van der Waals surface area (Å²) in [6, 6.07) is 0. The van der Waals surface area contributed by atoms with Crippen molar-refractivity contribution in [1.29, 1.82) is 0 Å². The van der Waals surface area contributed by atoms with Gasteiger partial charge in [0.1, 0.15) is 19.3 Å². The summed E-state index contributed by atoms with van der Waals surface area (Å²) in [4.78, 5) is 23.1. The van der Waals surface area contributed by atoms with Gasteiger partial charge in [-0.25, -0.2) is 0 Å². The van der Waals surface area contributed by atoms with Gasteiger partial charge in [0.25, 0.3) is 0 Å². The predicted octanol–water partition coefficient (Wildman–Crippen LogP) is -1.03. The molecule has 0 heterocycles. The van der Waals surface area contributed by atoms with Crippen LogP contribution in [-0.4, -0.2) is 118 Å². The summed E-state index contributed by atoms with van der Waals surface area (Å²) in [6.07, 6.45) is -1.27. The number of esters is 1. The minimum Gasteiger partial charge on any atom is -1.00 e. The molecule has 3 N–H and O–H groups in total. The first-order valence-corrected chi connectivity index (χ1v) is 7.02. The fraction of sp³-hybridized carbons (Fsp3) is 0.857. The van der Waals surface area contributed by atoms with Gasteiger partial charge in [0.2, 0.25) is 5.91 Å².